The lowest BCUT2D eigenvalue weighted by Gasteiger charge is -2.25. The van der Waals surface area contributed by atoms with Crippen LogP contribution in [0.2, 0.25) is 0 Å². The maximum atomic E-state index is 11.8. The molecule has 0 rings (SSSR count). The molecule has 0 aliphatic heterocycles. The lowest BCUT2D eigenvalue weighted by molar-refractivity contribution is -0.131. The van der Waals surface area contributed by atoms with Gasteiger partial charge < -0.3 is 4.90 Å². The van der Waals surface area contributed by atoms with Gasteiger partial charge in [-0.1, -0.05) is 41.5 Å². The van der Waals surface area contributed by atoms with Crippen molar-refractivity contribution in [1.29, 1.82) is 0 Å². The van der Waals surface area contributed by atoms with E-state index in [4.69, 9.17) is 0 Å². The highest BCUT2D eigenvalue weighted by molar-refractivity contribution is 5.76. The summed E-state index contributed by atoms with van der Waals surface area (Å²) in [6, 6.07) is 0. The predicted octanol–water partition coefficient (Wildman–Crippen LogP) is 3.71. The van der Waals surface area contributed by atoms with Crippen LogP contribution in [0.3, 0.4) is 0 Å². The van der Waals surface area contributed by atoms with Crippen LogP contribution in [0.15, 0.2) is 0 Å². The Labute approximate surface area is 101 Å². The molecule has 0 aromatic carbocycles. The van der Waals surface area contributed by atoms with Gasteiger partial charge in [0, 0.05) is 20.0 Å². The average Bonchev–Trinajstić information content (AvgIpc) is 1.98. The van der Waals surface area contributed by atoms with Gasteiger partial charge in [0.1, 0.15) is 0 Å². The van der Waals surface area contributed by atoms with E-state index in [0.29, 0.717) is 11.8 Å². The number of hydrogen-bond acceptors (Lipinski definition) is 1. The van der Waals surface area contributed by atoms with E-state index in [0.717, 1.165) is 13.0 Å². The molecule has 0 spiro atoms. The van der Waals surface area contributed by atoms with Gasteiger partial charge in [-0.15, -0.1) is 0 Å². The summed E-state index contributed by atoms with van der Waals surface area (Å²) in [5.41, 5.74) is 0.462. The summed E-state index contributed by atoms with van der Waals surface area (Å²) < 4.78 is 0. The Balaban J connectivity index is 3.89. The minimum absolute atomic E-state index is 0.0926. The van der Waals surface area contributed by atoms with Crippen molar-refractivity contribution in [1.82, 2.24) is 4.90 Å². The van der Waals surface area contributed by atoms with Crippen LogP contribution in [0.4, 0.5) is 0 Å². The monoisotopic (exact) mass is 227 g/mol. The van der Waals surface area contributed by atoms with Gasteiger partial charge in [0.2, 0.25) is 5.91 Å². The highest BCUT2D eigenvalue weighted by atomic mass is 16.2. The van der Waals surface area contributed by atoms with Crippen molar-refractivity contribution in [3.8, 4) is 0 Å². The van der Waals surface area contributed by atoms with Crippen molar-refractivity contribution in [3.63, 3.8) is 0 Å². The fourth-order valence-corrected chi connectivity index (χ4v) is 1.56. The quantitative estimate of drug-likeness (QED) is 0.717. The lowest BCUT2D eigenvalue weighted by atomic mass is 9.90. The summed E-state index contributed by atoms with van der Waals surface area (Å²) in [5, 5.41) is 0. The molecule has 0 aromatic rings. The zero-order chi connectivity index (χ0) is 13.0. The lowest BCUT2D eigenvalue weighted by Crippen LogP contribution is -2.31. The minimum atomic E-state index is 0.0926. The molecule has 0 heterocycles. The van der Waals surface area contributed by atoms with Crippen molar-refractivity contribution in [2.75, 3.05) is 13.6 Å². The highest BCUT2D eigenvalue weighted by Gasteiger charge is 2.19. The first-order valence-corrected chi connectivity index (χ1v) is 6.25. The molecule has 1 amide bonds. The third-order valence-corrected chi connectivity index (χ3v) is 2.53. The molecule has 0 aliphatic carbocycles. The second-order valence-electron chi connectivity index (χ2n) is 7.22. The van der Waals surface area contributed by atoms with Crippen LogP contribution in [0.25, 0.3) is 0 Å². The molecule has 0 unspecified atom stereocenters. The Bertz CT molecular complexity index is 220. The van der Waals surface area contributed by atoms with Gasteiger partial charge >= 0.3 is 0 Å². The predicted molar refractivity (Wildman–Crippen MR) is 70.4 cm³/mol. The van der Waals surface area contributed by atoms with Crippen molar-refractivity contribution in [2.45, 2.75) is 60.8 Å². The number of amides is 1. The average molecular weight is 227 g/mol. The molecular formula is C14H29NO. The molecule has 0 atom stereocenters. The maximum absolute atomic E-state index is 11.8. The molecule has 0 saturated heterocycles. The molecule has 0 radical (unpaired) electrons. The van der Waals surface area contributed by atoms with Gasteiger partial charge in [-0.25, -0.2) is 0 Å². The van der Waals surface area contributed by atoms with E-state index in [2.05, 4.69) is 41.5 Å². The van der Waals surface area contributed by atoms with Crippen molar-refractivity contribution in [3.05, 3.63) is 0 Å². The number of rotatable bonds is 4. The smallest absolute Gasteiger partial charge is 0.222 e. The Hall–Kier alpha value is -0.530. The summed E-state index contributed by atoms with van der Waals surface area (Å²) in [5.74, 6) is 0.265. The highest BCUT2D eigenvalue weighted by Crippen LogP contribution is 2.22. The van der Waals surface area contributed by atoms with E-state index in [9.17, 15) is 4.79 Å². The first-order chi connectivity index (χ1) is 7.01. The molecule has 0 bridgehead atoms. The van der Waals surface area contributed by atoms with Crippen LogP contribution in [0.1, 0.15) is 60.8 Å². The SMILES string of the molecule is CN(CCCC(C)(C)C)C(=O)CC(C)(C)C. The van der Waals surface area contributed by atoms with Gasteiger partial charge in [-0.2, -0.15) is 0 Å². The third kappa shape index (κ3) is 8.75. The standard InChI is InChI=1S/C14H29NO/c1-13(2,3)9-8-10-15(7)12(16)11-14(4,5)6/h8-11H2,1-7H3. The molecule has 0 fully saturated rings. The second kappa shape index (κ2) is 5.70. The van der Waals surface area contributed by atoms with E-state index < -0.39 is 0 Å². The van der Waals surface area contributed by atoms with Crippen LogP contribution in [-0.4, -0.2) is 24.4 Å². The van der Waals surface area contributed by atoms with E-state index in [1.807, 2.05) is 11.9 Å². The van der Waals surface area contributed by atoms with Gasteiger partial charge in [0.05, 0.1) is 0 Å². The Morgan fingerprint density at radius 1 is 1.00 bits per heavy atom. The van der Waals surface area contributed by atoms with Gasteiger partial charge in [-0.05, 0) is 23.7 Å². The van der Waals surface area contributed by atoms with Crippen LogP contribution < -0.4 is 0 Å². The molecule has 0 N–H and O–H groups in total. The number of hydrogen-bond donors (Lipinski definition) is 0. The molecule has 2 nitrogen and oxygen atoms in total. The van der Waals surface area contributed by atoms with Gasteiger partial charge in [-0.3, -0.25) is 4.79 Å². The first kappa shape index (κ1) is 15.5. The Morgan fingerprint density at radius 2 is 1.50 bits per heavy atom. The molecule has 16 heavy (non-hydrogen) atoms. The maximum Gasteiger partial charge on any atom is 0.222 e. The Morgan fingerprint density at radius 3 is 1.88 bits per heavy atom. The van der Waals surface area contributed by atoms with Crippen molar-refractivity contribution >= 4 is 5.91 Å². The minimum Gasteiger partial charge on any atom is -0.346 e. The molecule has 0 aromatic heterocycles. The largest absolute Gasteiger partial charge is 0.346 e. The molecule has 0 aliphatic rings. The van der Waals surface area contributed by atoms with Gasteiger partial charge in [0.15, 0.2) is 0 Å². The van der Waals surface area contributed by atoms with Crippen LogP contribution in [0.5, 0.6) is 0 Å². The fraction of sp³-hybridized carbons (Fsp3) is 0.929. The molecular weight excluding hydrogens is 198 g/mol. The summed E-state index contributed by atoms with van der Waals surface area (Å²) in [7, 11) is 1.91. The summed E-state index contributed by atoms with van der Waals surface area (Å²) in [6.07, 6.45) is 2.90. The summed E-state index contributed by atoms with van der Waals surface area (Å²) in [6.45, 7) is 13.9. The summed E-state index contributed by atoms with van der Waals surface area (Å²) >= 11 is 0. The van der Waals surface area contributed by atoms with Crippen molar-refractivity contribution in [2.24, 2.45) is 10.8 Å². The number of carbonyl (C=O) groups excluding carboxylic acids is 1. The van der Waals surface area contributed by atoms with E-state index >= 15 is 0 Å². The van der Waals surface area contributed by atoms with E-state index in [1.54, 1.807) is 0 Å². The molecule has 2 heteroatoms. The molecule has 0 saturated carbocycles. The fourth-order valence-electron chi connectivity index (χ4n) is 1.56. The van der Waals surface area contributed by atoms with E-state index in [1.165, 1.54) is 6.42 Å². The van der Waals surface area contributed by atoms with Gasteiger partial charge in [0.25, 0.3) is 0 Å². The van der Waals surface area contributed by atoms with Crippen LogP contribution in [-0.2, 0) is 4.79 Å². The third-order valence-electron chi connectivity index (χ3n) is 2.53. The topological polar surface area (TPSA) is 20.3 Å². The van der Waals surface area contributed by atoms with Crippen LogP contribution in [0, 0.1) is 10.8 Å². The Kier molecular flexibility index (Phi) is 5.51. The number of carbonyl (C=O) groups is 1. The number of nitrogens with zero attached hydrogens (tertiary/aromatic N) is 1. The first-order valence-electron chi connectivity index (χ1n) is 6.25. The van der Waals surface area contributed by atoms with Crippen molar-refractivity contribution < 1.29 is 4.79 Å². The van der Waals surface area contributed by atoms with Crippen LogP contribution >= 0.6 is 0 Å². The molecule has 96 valence electrons. The zero-order valence-corrected chi connectivity index (χ0v) is 12.2. The second-order valence-corrected chi connectivity index (χ2v) is 7.22. The normalized spacial score (nSPS) is 12.7. The zero-order valence-electron chi connectivity index (χ0n) is 12.2. The van der Waals surface area contributed by atoms with E-state index in [-0.39, 0.29) is 11.3 Å². The summed E-state index contributed by atoms with van der Waals surface area (Å²) in [4.78, 5) is 13.7.